The number of halogens is 1. The molecule has 5 heteroatoms. The average Bonchev–Trinajstić information content (AvgIpc) is 2.58. The molecule has 2 N–H and O–H groups in total. The fourth-order valence-corrected chi connectivity index (χ4v) is 2.80. The summed E-state index contributed by atoms with van der Waals surface area (Å²) in [7, 11) is 0. The minimum absolute atomic E-state index is 0.0664. The lowest BCUT2D eigenvalue weighted by molar-refractivity contribution is 0.0362. The molecule has 1 atom stereocenters. The van der Waals surface area contributed by atoms with Crippen LogP contribution in [0.3, 0.4) is 0 Å². The summed E-state index contributed by atoms with van der Waals surface area (Å²) in [4.78, 5) is 0. The Labute approximate surface area is 124 Å². The number of aryl methyl sites for hydroxylation is 1. The van der Waals surface area contributed by atoms with Gasteiger partial charge in [0.15, 0.2) is 0 Å². The standard InChI is InChI=1S/C14H26BrN3O/c1-6-9-18-12(11(15)10-17-18)14(5,19)7-8-16-13(2,3)4/h10,16,19H,6-9H2,1-5H3. The van der Waals surface area contributed by atoms with Gasteiger partial charge in [-0.2, -0.15) is 5.10 Å². The highest BCUT2D eigenvalue weighted by atomic mass is 79.9. The topological polar surface area (TPSA) is 50.1 Å². The van der Waals surface area contributed by atoms with Gasteiger partial charge in [0, 0.05) is 12.1 Å². The summed E-state index contributed by atoms with van der Waals surface area (Å²) in [6, 6.07) is 0. The number of hydrogen-bond donors (Lipinski definition) is 2. The number of aliphatic hydroxyl groups is 1. The second-order valence-corrected chi connectivity index (χ2v) is 7.12. The van der Waals surface area contributed by atoms with Gasteiger partial charge in [-0.25, -0.2) is 0 Å². The van der Waals surface area contributed by atoms with Gasteiger partial charge in [0.2, 0.25) is 0 Å². The van der Waals surface area contributed by atoms with Crippen LogP contribution in [-0.2, 0) is 12.1 Å². The molecule has 110 valence electrons. The van der Waals surface area contributed by atoms with Crippen LogP contribution < -0.4 is 5.32 Å². The Balaban J connectivity index is 2.78. The van der Waals surface area contributed by atoms with Crippen molar-refractivity contribution in [2.24, 2.45) is 0 Å². The second kappa shape index (κ2) is 6.37. The number of rotatable bonds is 6. The third-order valence-electron chi connectivity index (χ3n) is 3.01. The Kier molecular flexibility index (Phi) is 5.59. The molecule has 0 aromatic carbocycles. The highest BCUT2D eigenvalue weighted by Gasteiger charge is 2.30. The van der Waals surface area contributed by atoms with Crippen molar-refractivity contribution >= 4 is 15.9 Å². The van der Waals surface area contributed by atoms with Crippen molar-refractivity contribution in [2.75, 3.05) is 6.54 Å². The van der Waals surface area contributed by atoms with Crippen LogP contribution in [0.5, 0.6) is 0 Å². The lowest BCUT2D eigenvalue weighted by atomic mass is 9.97. The summed E-state index contributed by atoms with van der Waals surface area (Å²) in [5.41, 5.74) is 0.0461. The molecule has 1 aromatic rings. The average molecular weight is 332 g/mol. The molecule has 0 amide bonds. The Bertz CT molecular complexity index is 407. The predicted molar refractivity (Wildman–Crippen MR) is 82.2 cm³/mol. The quantitative estimate of drug-likeness (QED) is 0.842. The van der Waals surface area contributed by atoms with Crippen molar-refractivity contribution in [1.82, 2.24) is 15.1 Å². The predicted octanol–water partition coefficient (Wildman–Crippen LogP) is 3.04. The summed E-state index contributed by atoms with van der Waals surface area (Å²) in [5.74, 6) is 0. The van der Waals surface area contributed by atoms with E-state index in [9.17, 15) is 5.11 Å². The van der Waals surface area contributed by atoms with E-state index in [1.54, 1.807) is 6.20 Å². The summed E-state index contributed by atoms with van der Waals surface area (Å²) in [6.45, 7) is 11.9. The van der Waals surface area contributed by atoms with E-state index < -0.39 is 5.60 Å². The maximum atomic E-state index is 10.7. The Morgan fingerprint density at radius 2 is 2.00 bits per heavy atom. The minimum atomic E-state index is -0.886. The zero-order valence-electron chi connectivity index (χ0n) is 12.6. The molecule has 0 saturated carbocycles. The maximum absolute atomic E-state index is 10.7. The van der Waals surface area contributed by atoms with E-state index in [1.807, 2.05) is 11.6 Å². The van der Waals surface area contributed by atoms with E-state index in [-0.39, 0.29) is 5.54 Å². The van der Waals surface area contributed by atoms with E-state index in [0.29, 0.717) is 6.42 Å². The first-order valence-corrected chi connectivity index (χ1v) is 7.66. The molecular formula is C14H26BrN3O. The molecule has 1 aromatic heterocycles. The van der Waals surface area contributed by atoms with Crippen LogP contribution in [0.15, 0.2) is 10.7 Å². The molecule has 0 aliphatic carbocycles. The Morgan fingerprint density at radius 1 is 1.37 bits per heavy atom. The van der Waals surface area contributed by atoms with Crippen LogP contribution in [0.25, 0.3) is 0 Å². The SMILES string of the molecule is CCCn1ncc(Br)c1C(C)(O)CCNC(C)(C)C. The van der Waals surface area contributed by atoms with Crippen LogP contribution in [0.1, 0.15) is 53.2 Å². The maximum Gasteiger partial charge on any atom is 0.106 e. The van der Waals surface area contributed by atoms with Crippen LogP contribution >= 0.6 is 15.9 Å². The lowest BCUT2D eigenvalue weighted by Gasteiger charge is -2.28. The van der Waals surface area contributed by atoms with Crippen molar-refractivity contribution in [2.45, 2.75) is 65.1 Å². The molecule has 0 saturated heterocycles. The summed E-state index contributed by atoms with van der Waals surface area (Å²) >= 11 is 3.49. The molecule has 1 heterocycles. The Morgan fingerprint density at radius 3 is 2.53 bits per heavy atom. The highest BCUT2D eigenvalue weighted by molar-refractivity contribution is 9.10. The summed E-state index contributed by atoms with van der Waals surface area (Å²) in [5, 5.41) is 18.5. The molecule has 0 fully saturated rings. The van der Waals surface area contributed by atoms with E-state index in [0.717, 1.165) is 29.7 Å². The number of aromatic nitrogens is 2. The van der Waals surface area contributed by atoms with Gasteiger partial charge in [0.1, 0.15) is 5.60 Å². The van der Waals surface area contributed by atoms with E-state index in [2.05, 4.69) is 54.0 Å². The first-order chi connectivity index (χ1) is 8.67. The van der Waals surface area contributed by atoms with Crippen molar-refractivity contribution in [3.8, 4) is 0 Å². The van der Waals surface area contributed by atoms with Crippen molar-refractivity contribution in [3.63, 3.8) is 0 Å². The van der Waals surface area contributed by atoms with Gasteiger partial charge >= 0.3 is 0 Å². The summed E-state index contributed by atoms with van der Waals surface area (Å²) in [6.07, 6.45) is 3.41. The third-order valence-corrected chi connectivity index (χ3v) is 3.59. The normalized spacial score (nSPS) is 15.5. The molecule has 0 radical (unpaired) electrons. The van der Waals surface area contributed by atoms with Crippen molar-refractivity contribution in [1.29, 1.82) is 0 Å². The smallest absolute Gasteiger partial charge is 0.106 e. The fraction of sp³-hybridized carbons (Fsp3) is 0.786. The van der Waals surface area contributed by atoms with Gasteiger partial charge in [-0.05, 0) is 63.0 Å². The lowest BCUT2D eigenvalue weighted by Crippen LogP contribution is -2.39. The van der Waals surface area contributed by atoms with Crippen LogP contribution in [0.4, 0.5) is 0 Å². The monoisotopic (exact) mass is 331 g/mol. The minimum Gasteiger partial charge on any atom is -0.384 e. The van der Waals surface area contributed by atoms with Crippen LogP contribution in [0.2, 0.25) is 0 Å². The largest absolute Gasteiger partial charge is 0.384 e. The van der Waals surface area contributed by atoms with E-state index in [1.165, 1.54) is 0 Å². The molecule has 0 aliphatic heterocycles. The van der Waals surface area contributed by atoms with Crippen LogP contribution in [-0.4, -0.2) is 27.0 Å². The first kappa shape index (κ1) is 16.7. The van der Waals surface area contributed by atoms with E-state index >= 15 is 0 Å². The number of hydrogen-bond acceptors (Lipinski definition) is 3. The first-order valence-electron chi connectivity index (χ1n) is 6.86. The number of nitrogens with zero attached hydrogens (tertiary/aromatic N) is 2. The second-order valence-electron chi connectivity index (χ2n) is 6.26. The summed E-state index contributed by atoms with van der Waals surface area (Å²) < 4.78 is 2.77. The van der Waals surface area contributed by atoms with Crippen molar-refractivity contribution < 1.29 is 5.11 Å². The van der Waals surface area contributed by atoms with Gasteiger partial charge in [-0.1, -0.05) is 6.92 Å². The molecule has 1 rings (SSSR count). The Hall–Kier alpha value is -0.390. The van der Waals surface area contributed by atoms with E-state index in [4.69, 9.17) is 0 Å². The molecule has 1 unspecified atom stereocenters. The molecule has 19 heavy (non-hydrogen) atoms. The molecule has 0 aliphatic rings. The van der Waals surface area contributed by atoms with Crippen LogP contribution in [0, 0.1) is 0 Å². The van der Waals surface area contributed by atoms with Gasteiger partial charge in [-0.15, -0.1) is 0 Å². The van der Waals surface area contributed by atoms with Gasteiger partial charge < -0.3 is 10.4 Å². The molecule has 4 nitrogen and oxygen atoms in total. The molecule has 0 spiro atoms. The molecular weight excluding hydrogens is 306 g/mol. The van der Waals surface area contributed by atoms with Gasteiger partial charge in [0.05, 0.1) is 16.4 Å². The van der Waals surface area contributed by atoms with Gasteiger partial charge in [-0.3, -0.25) is 4.68 Å². The zero-order valence-corrected chi connectivity index (χ0v) is 14.2. The number of nitrogens with one attached hydrogen (secondary N) is 1. The highest BCUT2D eigenvalue weighted by Crippen LogP contribution is 2.31. The van der Waals surface area contributed by atoms with Crippen molar-refractivity contribution in [3.05, 3.63) is 16.4 Å². The zero-order chi connectivity index (χ0) is 14.7. The third kappa shape index (κ3) is 4.89. The fourth-order valence-electron chi connectivity index (χ4n) is 2.08. The molecule has 0 bridgehead atoms. The van der Waals surface area contributed by atoms with Gasteiger partial charge in [0.25, 0.3) is 0 Å².